The van der Waals surface area contributed by atoms with Gasteiger partial charge in [-0.2, -0.15) is 10.2 Å². The molecule has 2 aromatic heterocycles. The second kappa shape index (κ2) is 8.02. The van der Waals surface area contributed by atoms with Gasteiger partial charge in [-0.1, -0.05) is 30.2 Å². The number of anilines is 3. The lowest BCUT2D eigenvalue weighted by atomic mass is 10.0. The van der Waals surface area contributed by atoms with Crippen LogP contribution in [0.1, 0.15) is 31.4 Å². The summed E-state index contributed by atoms with van der Waals surface area (Å²) in [6.07, 6.45) is 7.73. The van der Waals surface area contributed by atoms with Crippen LogP contribution in [0.5, 0.6) is 0 Å². The van der Waals surface area contributed by atoms with Crippen molar-refractivity contribution >= 4 is 23.4 Å². The van der Waals surface area contributed by atoms with Crippen LogP contribution in [0.15, 0.2) is 65.0 Å². The molecule has 2 N–H and O–H groups in total. The Hall–Kier alpha value is -4.25. The van der Waals surface area contributed by atoms with Gasteiger partial charge in [0.05, 0.1) is 11.4 Å². The van der Waals surface area contributed by atoms with E-state index < -0.39 is 5.66 Å². The molecule has 0 bridgehead atoms. The fourth-order valence-electron chi connectivity index (χ4n) is 3.85. The molecule has 33 heavy (non-hydrogen) atoms. The van der Waals surface area contributed by atoms with Gasteiger partial charge in [-0.3, -0.25) is 10.2 Å². The van der Waals surface area contributed by atoms with Crippen LogP contribution in [0.3, 0.4) is 0 Å². The molecule has 3 aromatic rings. The van der Waals surface area contributed by atoms with Gasteiger partial charge in [0.15, 0.2) is 5.82 Å². The van der Waals surface area contributed by atoms with E-state index in [0.717, 1.165) is 35.5 Å². The van der Waals surface area contributed by atoms with E-state index in [1.807, 2.05) is 50.2 Å². The summed E-state index contributed by atoms with van der Waals surface area (Å²) in [7, 11) is 0. The summed E-state index contributed by atoms with van der Waals surface area (Å²) in [6, 6.07) is 15.0. The number of pyridine rings is 2. The van der Waals surface area contributed by atoms with E-state index in [4.69, 9.17) is 11.4 Å². The first-order valence-electron chi connectivity index (χ1n) is 10.8. The summed E-state index contributed by atoms with van der Waals surface area (Å²) in [5, 5.41) is 14.4. The lowest BCUT2D eigenvalue weighted by molar-refractivity contribution is 0.255. The van der Waals surface area contributed by atoms with Gasteiger partial charge in [-0.05, 0) is 44.5 Å². The van der Waals surface area contributed by atoms with Gasteiger partial charge in [0.2, 0.25) is 5.66 Å². The molecular weight excluding hydrogens is 414 g/mol. The molecule has 0 saturated heterocycles. The normalized spacial score (nSPS) is 17.8. The van der Waals surface area contributed by atoms with Crippen molar-refractivity contribution in [1.82, 2.24) is 9.97 Å². The van der Waals surface area contributed by atoms with Crippen LogP contribution in [0.4, 0.5) is 22.1 Å². The quantitative estimate of drug-likeness (QED) is 0.564. The highest BCUT2D eigenvalue weighted by Gasteiger charge is 2.36. The fraction of sp³-hybridized carbons (Fsp3) is 0.240. The number of urea groups is 1. The Balaban J connectivity index is 1.45. The summed E-state index contributed by atoms with van der Waals surface area (Å²) in [6.45, 7) is 4.73. The maximum Gasteiger partial charge on any atom is 0.328 e. The van der Waals surface area contributed by atoms with Crippen molar-refractivity contribution in [2.75, 3.05) is 22.1 Å². The third-order valence-corrected chi connectivity index (χ3v) is 5.93. The number of carbonyl (C=O) groups excluding carboxylic acids is 1. The first kappa shape index (κ1) is 20.6. The Kier molecular flexibility index (Phi) is 5.02. The summed E-state index contributed by atoms with van der Waals surface area (Å²) in [5.41, 5.74) is 3.82. The zero-order valence-electron chi connectivity index (χ0n) is 18.4. The van der Waals surface area contributed by atoms with Crippen molar-refractivity contribution < 1.29 is 4.79 Å². The molecule has 8 nitrogen and oxygen atoms in total. The van der Waals surface area contributed by atoms with Gasteiger partial charge < -0.3 is 5.32 Å². The van der Waals surface area contributed by atoms with E-state index >= 15 is 0 Å². The molecule has 4 heterocycles. The molecule has 0 spiro atoms. The lowest BCUT2D eigenvalue weighted by Gasteiger charge is -2.27. The Morgan fingerprint density at radius 1 is 1.18 bits per heavy atom. The van der Waals surface area contributed by atoms with Crippen molar-refractivity contribution in [3.05, 3.63) is 65.9 Å². The first-order valence-corrected chi connectivity index (χ1v) is 10.8. The van der Waals surface area contributed by atoms with Crippen LogP contribution in [-0.4, -0.2) is 28.6 Å². The smallest absolute Gasteiger partial charge is 0.328 e. The largest absolute Gasteiger partial charge is 0.382 e. The van der Waals surface area contributed by atoms with E-state index in [2.05, 4.69) is 31.8 Å². The van der Waals surface area contributed by atoms with E-state index in [9.17, 15) is 4.79 Å². The standard InChI is InChI=1S/C25H23N7O/c1-4-17-5-12-22(27-15-17)29-24(33)32-16(2)13-14-26-21-11-10-20(28-23(21)32)18-6-8-19(9-7-18)25(3)30-31-25/h1,5-12,15-16,26H,13-14H2,2-3H3,(H,27,29,33)/t16-/m1/s1. The Bertz CT molecular complexity index is 1270. The van der Waals surface area contributed by atoms with Crippen molar-refractivity contribution in [2.45, 2.75) is 32.0 Å². The second-order valence-electron chi connectivity index (χ2n) is 8.31. The number of terminal acetylenes is 1. The average molecular weight is 438 g/mol. The van der Waals surface area contributed by atoms with Gasteiger partial charge in [0.1, 0.15) is 5.82 Å². The number of nitrogens with zero attached hydrogens (tertiary/aromatic N) is 5. The number of hydrogen-bond acceptors (Lipinski definition) is 6. The van der Waals surface area contributed by atoms with Gasteiger partial charge in [-0.25, -0.2) is 14.8 Å². The van der Waals surface area contributed by atoms with Crippen molar-refractivity contribution in [3.8, 4) is 23.6 Å². The van der Waals surface area contributed by atoms with E-state index in [1.165, 1.54) is 0 Å². The molecule has 1 aromatic carbocycles. The number of aromatic nitrogens is 2. The lowest BCUT2D eigenvalue weighted by Crippen LogP contribution is -2.42. The molecule has 0 aliphatic carbocycles. The Morgan fingerprint density at radius 2 is 1.97 bits per heavy atom. The number of amides is 2. The average Bonchev–Trinajstić information content (AvgIpc) is 3.61. The summed E-state index contributed by atoms with van der Waals surface area (Å²) in [5.74, 6) is 3.54. The maximum atomic E-state index is 13.3. The topological polar surface area (TPSA) is 94.9 Å². The van der Waals surface area contributed by atoms with Crippen LogP contribution in [0.25, 0.3) is 11.3 Å². The SMILES string of the molecule is C#Cc1ccc(NC(=O)N2c3nc(-c4ccc(C5(C)N=N5)cc4)ccc3NCC[C@H]2C)nc1. The van der Waals surface area contributed by atoms with Crippen LogP contribution in [-0.2, 0) is 5.66 Å². The predicted octanol–water partition coefficient (Wildman–Crippen LogP) is 5.01. The molecule has 2 amide bonds. The second-order valence-corrected chi connectivity index (χ2v) is 8.31. The molecular formula is C25H23N7O. The number of rotatable bonds is 3. The molecule has 8 heteroatoms. The van der Waals surface area contributed by atoms with E-state index in [1.54, 1.807) is 23.2 Å². The number of nitrogens with one attached hydrogen (secondary N) is 2. The molecule has 0 saturated carbocycles. The monoisotopic (exact) mass is 437 g/mol. The highest BCUT2D eigenvalue weighted by molar-refractivity contribution is 6.03. The first-order chi connectivity index (χ1) is 16.0. The molecule has 2 aliphatic rings. The molecule has 2 aliphatic heterocycles. The molecule has 5 rings (SSSR count). The third-order valence-electron chi connectivity index (χ3n) is 5.93. The van der Waals surface area contributed by atoms with Crippen LogP contribution < -0.4 is 15.5 Å². The van der Waals surface area contributed by atoms with Crippen LogP contribution >= 0.6 is 0 Å². The van der Waals surface area contributed by atoms with Gasteiger partial charge in [0.25, 0.3) is 0 Å². The molecule has 0 fully saturated rings. The summed E-state index contributed by atoms with van der Waals surface area (Å²) >= 11 is 0. The maximum absolute atomic E-state index is 13.3. The minimum absolute atomic E-state index is 0.0631. The summed E-state index contributed by atoms with van der Waals surface area (Å²) in [4.78, 5) is 24.1. The highest BCUT2D eigenvalue weighted by atomic mass is 16.2. The van der Waals surface area contributed by atoms with E-state index in [-0.39, 0.29) is 12.1 Å². The Labute approximate surface area is 192 Å². The number of fused-ring (bicyclic) bond motifs is 1. The minimum atomic E-state index is -0.416. The van der Waals surface area contributed by atoms with Crippen molar-refractivity contribution in [1.29, 1.82) is 0 Å². The van der Waals surface area contributed by atoms with Crippen molar-refractivity contribution in [2.24, 2.45) is 10.2 Å². The molecule has 164 valence electrons. The fourth-order valence-corrected chi connectivity index (χ4v) is 3.85. The number of carbonyl (C=O) groups is 1. The predicted molar refractivity (Wildman–Crippen MR) is 128 cm³/mol. The minimum Gasteiger partial charge on any atom is -0.382 e. The molecule has 0 unspecified atom stereocenters. The molecule has 0 radical (unpaired) electrons. The third kappa shape index (κ3) is 4.01. The van der Waals surface area contributed by atoms with Gasteiger partial charge in [0, 0.05) is 35.5 Å². The van der Waals surface area contributed by atoms with Crippen LogP contribution in [0.2, 0.25) is 0 Å². The number of hydrogen-bond donors (Lipinski definition) is 2. The summed E-state index contributed by atoms with van der Waals surface area (Å²) < 4.78 is 0. The van der Waals surface area contributed by atoms with Crippen LogP contribution in [0, 0.1) is 12.3 Å². The molecule has 1 atom stereocenters. The zero-order chi connectivity index (χ0) is 23.0. The van der Waals surface area contributed by atoms with Gasteiger partial charge in [-0.15, -0.1) is 6.42 Å². The highest BCUT2D eigenvalue weighted by Crippen LogP contribution is 2.39. The number of benzene rings is 1. The van der Waals surface area contributed by atoms with Crippen molar-refractivity contribution in [3.63, 3.8) is 0 Å². The van der Waals surface area contributed by atoms with Gasteiger partial charge >= 0.3 is 6.03 Å². The van der Waals surface area contributed by atoms with E-state index in [0.29, 0.717) is 17.2 Å². The zero-order valence-corrected chi connectivity index (χ0v) is 18.4. The Morgan fingerprint density at radius 3 is 2.64 bits per heavy atom.